The Morgan fingerprint density at radius 2 is 2.00 bits per heavy atom. The van der Waals surface area contributed by atoms with Crippen molar-refractivity contribution in [2.75, 3.05) is 13.7 Å². The van der Waals surface area contributed by atoms with E-state index in [2.05, 4.69) is 0 Å². The molecule has 1 aromatic carbocycles. The zero-order valence-corrected chi connectivity index (χ0v) is 13.1. The van der Waals surface area contributed by atoms with Gasteiger partial charge in [0, 0.05) is 6.54 Å². The van der Waals surface area contributed by atoms with Crippen molar-refractivity contribution in [3.63, 3.8) is 0 Å². The smallest absolute Gasteiger partial charge is 0.410 e. The van der Waals surface area contributed by atoms with Gasteiger partial charge in [0.1, 0.15) is 12.6 Å². The normalized spacial score (nSPS) is 29.2. The number of amides is 1. The lowest BCUT2D eigenvalue weighted by Gasteiger charge is -2.25. The first-order valence-corrected chi connectivity index (χ1v) is 7.83. The van der Waals surface area contributed by atoms with E-state index in [1.165, 1.54) is 12.0 Å². The van der Waals surface area contributed by atoms with E-state index in [9.17, 15) is 14.7 Å². The van der Waals surface area contributed by atoms with Crippen LogP contribution in [0, 0.1) is 11.8 Å². The van der Waals surface area contributed by atoms with Crippen LogP contribution in [0.15, 0.2) is 30.3 Å². The van der Waals surface area contributed by atoms with Gasteiger partial charge in [0.25, 0.3) is 0 Å². The maximum atomic E-state index is 12.4. The zero-order chi connectivity index (χ0) is 16.4. The van der Waals surface area contributed by atoms with Crippen molar-refractivity contribution in [1.82, 2.24) is 4.90 Å². The van der Waals surface area contributed by atoms with Crippen LogP contribution in [0.3, 0.4) is 0 Å². The average molecular weight is 319 g/mol. The number of nitrogens with zero attached hydrogens (tertiary/aromatic N) is 1. The molecular weight excluding hydrogens is 298 g/mol. The Balaban J connectivity index is 1.68. The van der Waals surface area contributed by atoms with Crippen LogP contribution in [0.1, 0.15) is 18.4 Å². The molecule has 3 rings (SSSR count). The first-order chi connectivity index (χ1) is 11.1. The average Bonchev–Trinajstić information content (AvgIpc) is 3.08. The molecule has 1 aromatic rings. The summed E-state index contributed by atoms with van der Waals surface area (Å²) in [6.45, 7) is 0.594. The van der Waals surface area contributed by atoms with Gasteiger partial charge in [0.05, 0.1) is 13.2 Å². The number of carbonyl (C=O) groups excluding carboxylic acids is 2. The molecule has 4 atom stereocenters. The van der Waals surface area contributed by atoms with Gasteiger partial charge < -0.3 is 14.6 Å². The molecule has 6 heteroatoms. The minimum absolute atomic E-state index is 0.0540. The van der Waals surface area contributed by atoms with Gasteiger partial charge in [-0.25, -0.2) is 9.59 Å². The summed E-state index contributed by atoms with van der Waals surface area (Å²) >= 11 is 0. The Kier molecular flexibility index (Phi) is 4.52. The fourth-order valence-corrected chi connectivity index (χ4v) is 3.73. The molecule has 2 fully saturated rings. The number of methoxy groups -OCH3 is 1. The molecule has 0 aromatic heterocycles. The van der Waals surface area contributed by atoms with E-state index < -0.39 is 24.2 Å². The van der Waals surface area contributed by atoms with E-state index in [0.717, 1.165) is 5.56 Å². The highest BCUT2D eigenvalue weighted by atomic mass is 16.6. The maximum absolute atomic E-state index is 12.4. The van der Waals surface area contributed by atoms with Crippen molar-refractivity contribution in [2.45, 2.75) is 31.6 Å². The molecular formula is C17H21NO5. The number of carbonyl (C=O) groups is 2. The number of hydrogen-bond acceptors (Lipinski definition) is 5. The number of benzene rings is 1. The summed E-state index contributed by atoms with van der Waals surface area (Å²) in [5, 5.41) is 9.80. The van der Waals surface area contributed by atoms with E-state index in [1.54, 1.807) is 0 Å². The lowest BCUT2D eigenvalue weighted by Crippen LogP contribution is -2.44. The van der Waals surface area contributed by atoms with Crippen molar-refractivity contribution in [2.24, 2.45) is 11.8 Å². The predicted molar refractivity (Wildman–Crippen MR) is 81.4 cm³/mol. The number of hydrogen-bond donors (Lipinski definition) is 1. The summed E-state index contributed by atoms with van der Waals surface area (Å²) in [4.78, 5) is 25.9. The first-order valence-electron chi connectivity index (χ1n) is 7.83. The molecule has 0 radical (unpaired) electrons. The van der Waals surface area contributed by atoms with E-state index in [-0.39, 0.29) is 18.4 Å². The summed E-state index contributed by atoms with van der Waals surface area (Å²) in [6.07, 6.45) is 0.223. The van der Waals surface area contributed by atoms with Crippen LogP contribution in [0.2, 0.25) is 0 Å². The Labute approximate surface area is 135 Å². The van der Waals surface area contributed by atoms with Gasteiger partial charge >= 0.3 is 12.1 Å². The van der Waals surface area contributed by atoms with Crippen LogP contribution in [0.4, 0.5) is 4.79 Å². The molecule has 1 aliphatic carbocycles. The van der Waals surface area contributed by atoms with Gasteiger partial charge in [-0.2, -0.15) is 0 Å². The van der Waals surface area contributed by atoms with Gasteiger partial charge in [0.15, 0.2) is 0 Å². The highest BCUT2D eigenvalue weighted by Crippen LogP contribution is 2.43. The minimum Gasteiger partial charge on any atom is -0.467 e. The van der Waals surface area contributed by atoms with Crippen molar-refractivity contribution in [1.29, 1.82) is 0 Å². The Hall–Kier alpha value is -2.08. The molecule has 124 valence electrons. The predicted octanol–water partition coefficient (Wildman–Crippen LogP) is 1.57. The molecule has 0 bridgehead atoms. The van der Waals surface area contributed by atoms with Gasteiger partial charge in [-0.15, -0.1) is 0 Å². The van der Waals surface area contributed by atoms with E-state index in [1.807, 2.05) is 30.3 Å². The first kappa shape index (κ1) is 15.8. The van der Waals surface area contributed by atoms with Crippen LogP contribution in [0.5, 0.6) is 0 Å². The fourth-order valence-electron chi connectivity index (χ4n) is 3.73. The van der Waals surface area contributed by atoms with Crippen LogP contribution in [-0.4, -0.2) is 47.9 Å². The molecule has 23 heavy (non-hydrogen) atoms. The highest BCUT2D eigenvalue weighted by molar-refractivity contribution is 5.82. The molecule has 0 spiro atoms. The molecule has 1 heterocycles. The van der Waals surface area contributed by atoms with Crippen LogP contribution < -0.4 is 0 Å². The molecule has 1 N–H and O–H groups in total. The van der Waals surface area contributed by atoms with Gasteiger partial charge in [-0.3, -0.25) is 4.90 Å². The number of fused-ring (bicyclic) bond motifs is 1. The highest BCUT2D eigenvalue weighted by Gasteiger charge is 2.52. The Bertz CT molecular complexity index is 576. The van der Waals surface area contributed by atoms with Crippen molar-refractivity contribution < 1.29 is 24.2 Å². The molecule has 1 amide bonds. The second-order valence-corrected chi connectivity index (χ2v) is 6.21. The maximum Gasteiger partial charge on any atom is 0.410 e. The third-order valence-electron chi connectivity index (χ3n) is 4.78. The molecule has 0 unspecified atom stereocenters. The molecule has 2 aliphatic rings. The van der Waals surface area contributed by atoms with Crippen molar-refractivity contribution in [3.8, 4) is 0 Å². The lowest BCUT2D eigenvalue weighted by molar-refractivity contribution is -0.146. The number of aliphatic hydroxyl groups excluding tert-OH is 1. The van der Waals surface area contributed by atoms with Gasteiger partial charge in [0.2, 0.25) is 0 Å². The second-order valence-electron chi connectivity index (χ2n) is 6.21. The van der Waals surface area contributed by atoms with E-state index in [4.69, 9.17) is 9.47 Å². The molecule has 6 nitrogen and oxygen atoms in total. The summed E-state index contributed by atoms with van der Waals surface area (Å²) in [5.41, 5.74) is 0.894. The third kappa shape index (κ3) is 3.17. The molecule has 1 aliphatic heterocycles. The number of ether oxygens (including phenoxy) is 2. The largest absolute Gasteiger partial charge is 0.467 e. The Morgan fingerprint density at radius 3 is 2.70 bits per heavy atom. The Morgan fingerprint density at radius 1 is 1.26 bits per heavy atom. The van der Waals surface area contributed by atoms with Crippen LogP contribution in [-0.2, 0) is 20.9 Å². The van der Waals surface area contributed by atoms with Crippen molar-refractivity contribution in [3.05, 3.63) is 35.9 Å². The van der Waals surface area contributed by atoms with Crippen LogP contribution >= 0.6 is 0 Å². The molecule has 1 saturated heterocycles. The summed E-state index contributed by atoms with van der Waals surface area (Å²) in [7, 11) is 1.31. The number of aliphatic hydroxyl groups is 1. The van der Waals surface area contributed by atoms with E-state index >= 15 is 0 Å². The summed E-state index contributed by atoms with van der Waals surface area (Å²) in [5.74, 6) is -0.372. The zero-order valence-electron chi connectivity index (χ0n) is 13.1. The van der Waals surface area contributed by atoms with E-state index in [0.29, 0.717) is 19.4 Å². The third-order valence-corrected chi connectivity index (χ3v) is 4.78. The summed E-state index contributed by atoms with van der Waals surface area (Å²) in [6, 6.07) is 8.74. The van der Waals surface area contributed by atoms with Gasteiger partial charge in [-0.05, 0) is 30.2 Å². The van der Waals surface area contributed by atoms with Gasteiger partial charge in [-0.1, -0.05) is 30.3 Å². The minimum atomic E-state index is -0.662. The molecule has 1 saturated carbocycles. The quantitative estimate of drug-likeness (QED) is 0.856. The number of rotatable bonds is 3. The summed E-state index contributed by atoms with van der Waals surface area (Å²) < 4.78 is 10.2. The standard InChI is InChI=1S/C17H21NO5/c1-22-16(20)15-14-8-13(19)7-12(14)9-18(15)17(21)23-10-11-5-3-2-4-6-11/h2-6,12-15,19H,7-10H2,1H3/t12-,13-,14-,15+/m1/s1. The van der Waals surface area contributed by atoms with Crippen LogP contribution in [0.25, 0.3) is 0 Å². The topological polar surface area (TPSA) is 76.1 Å². The monoisotopic (exact) mass is 319 g/mol. The number of esters is 1. The fraction of sp³-hybridized carbons (Fsp3) is 0.529. The van der Waals surface area contributed by atoms with Crippen molar-refractivity contribution >= 4 is 12.1 Å². The lowest BCUT2D eigenvalue weighted by atomic mass is 9.94. The number of likely N-dealkylation sites (tertiary alicyclic amines) is 1. The SMILES string of the molecule is COC(=O)[C@@H]1[C@@H]2C[C@H](O)C[C@@H]2CN1C(=O)OCc1ccccc1. The second kappa shape index (κ2) is 6.58.